The Balaban J connectivity index is 0.00000128. The summed E-state index contributed by atoms with van der Waals surface area (Å²) in [4.78, 5) is 0. The van der Waals surface area contributed by atoms with Crippen molar-refractivity contribution >= 4 is 10.1 Å². The van der Waals surface area contributed by atoms with Crippen LogP contribution in [-0.4, -0.2) is 29.4 Å². The first-order valence-electron chi connectivity index (χ1n) is 4.62. The van der Waals surface area contributed by atoms with Crippen molar-refractivity contribution in [1.82, 2.24) is 0 Å². The van der Waals surface area contributed by atoms with E-state index in [1.54, 1.807) is 0 Å². The molecule has 1 aromatic carbocycles. The molecule has 1 aliphatic carbocycles. The van der Waals surface area contributed by atoms with E-state index in [2.05, 4.69) is 0 Å². The van der Waals surface area contributed by atoms with E-state index in [9.17, 15) is 13.5 Å². The predicted molar refractivity (Wildman–Crippen MR) is 56.3 cm³/mol. The average molecular weight is 252 g/mol. The first kappa shape index (κ1) is 14.2. The molecule has 2 rings (SSSR count). The van der Waals surface area contributed by atoms with Gasteiger partial charge in [-0.25, -0.2) is 0 Å². The Labute approximate surface area is 118 Å². The van der Waals surface area contributed by atoms with Gasteiger partial charge in [0.2, 0.25) is 0 Å². The van der Waals surface area contributed by atoms with Crippen LogP contribution in [0.15, 0.2) is 24.3 Å². The third-order valence-corrected chi connectivity index (χ3v) is 3.51. The normalized spacial score (nSPS) is 17.6. The van der Waals surface area contributed by atoms with Crippen LogP contribution in [0.3, 0.4) is 0 Å². The molecule has 0 aliphatic heterocycles. The molecular weight excluding hydrogens is 239 g/mol. The fraction of sp³-hybridized carbons (Fsp3) is 0.400. The second-order valence-electron chi connectivity index (χ2n) is 4.07. The number of benzene rings is 1. The monoisotopic (exact) mass is 252 g/mol. The zero-order valence-electron chi connectivity index (χ0n) is 10.0. The van der Waals surface area contributed by atoms with Gasteiger partial charge in [-0.2, -0.15) is 8.42 Å². The summed E-state index contributed by atoms with van der Waals surface area (Å²) in [7, 11) is -4.13. The van der Waals surface area contributed by atoms with Gasteiger partial charge >= 0.3 is 29.6 Å². The minimum Gasteiger partial charge on any atom is -1.00 e. The Bertz CT molecular complexity index is 464. The molecule has 0 saturated carbocycles. The minimum absolute atomic E-state index is 0. The van der Waals surface area contributed by atoms with Crippen molar-refractivity contribution in [3.05, 3.63) is 35.4 Å². The maximum atomic E-state index is 10.7. The molecule has 0 unspecified atom stereocenters. The summed E-state index contributed by atoms with van der Waals surface area (Å²) in [5.41, 5.74) is 0.546. The summed E-state index contributed by atoms with van der Waals surface area (Å²) in [6.45, 7) is 0. The molecule has 0 aromatic heterocycles. The zero-order valence-corrected chi connectivity index (χ0v) is 11.9. The molecule has 84 valence electrons. The fourth-order valence-electron chi connectivity index (χ4n) is 2.12. The SMILES string of the molecule is O=S(=O)(O)CC1(O)Cc2ccccc2C1.[H-].[Na+]. The number of fused-ring (bicyclic) bond motifs is 1. The molecule has 0 fully saturated rings. The number of aliphatic hydroxyl groups is 1. The molecule has 4 nitrogen and oxygen atoms in total. The van der Waals surface area contributed by atoms with Gasteiger partial charge in [-0.1, -0.05) is 24.3 Å². The summed E-state index contributed by atoms with van der Waals surface area (Å²) < 4.78 is 30.2. The quantitative estimate of drug-likeness (QED) is 0.451. The molecule has 0 atom stereocenters. The van der Waals surface area contributed by atoms with E-state index in [-0.39, 0.29) is 43.8 Å². The molecule has 16 heavy (non-hydrogen) atoms. The predicted octanol–water partition coefficient (Wildman–Crippen LogP) is -2.48. The Morgan fingerprint density at radius 1 is 1.25 bits per heavy atom. The van der Waals surface area contributed by atoms with Crippen molar-refractivity contribution in [1.29, 1.82) is 0 Å². The van der Waals surface area contributed by atoms with Crippen LogP contribution in [0, 0.1) is 0 Å². The van der Waals surface area contributed by atoms with Crippen LogP contribution in [0.1, 0.15) is 12.6 Å². The average Bonchev–Trinajstić information content (AvgIpc) is 2.35. The van der Waals surface area contributed by atoms with Crippen LogP contribution in [0.25, 0.3) is 0 Å². The van der Waals surface area contributed by atoms with Gasteiger partial charge < -0.3 is 6.53 Å². The summed E-state index contributed by atoms with van der Waals surface area (Å²) in [6, 6.07) is 7.41. The molecule has 2 N–H and O–H groups in total. The Kier molecular flexibility index (Phi) is 4.21. The van der Waals surface area contributed by atoms with Crippen molar-refractivity contribution in [2.75, 3.05) is 5.75 Å². The molecule has 0 radical (unpaired) electrons. The number of hydrogen-bond donors (Lipinski definition) is 2. The van der Waals surface area contributed by atoms with Gasteiger partial charge in [0.05, 0.1) is 5.60 Å². The maximum Gasteiger partial charge on any atom is 1.00 e. The largest absolute Gasteiger partial charge is 1.00 e. The van der Waals surface area contributed by atoms with Crippen LogP contribution in [0.2, 0.25) is 0 Å². The molecule has 0 heterocycles. The smallest absolute Gasteiger partial charge is 1.00 e. The van der Waals surface area contributed by atoms with Crippen LogP contribution in [-0.2, 0) is 23.0 Å². The van der Waals surface area contributed by atoms with E-state index < -0.39 is 21.5 Å². The third-order valence-electron chi connectivity index (χ3n) is 2.61. The summed E-state index contributed by atoms with van der Waals surface area (Å²) in [6.07, 6.45) is 0.561. The van der Waals surface area contributed by atoms with Gasteiger partial charge in [-0.05, 0) is 11.1 Å². The molecule has 6 heteroatoms. The van der Waals surface area contributed by atoms with Gasteiger partial charge in [0.1, 0.15) is 5.75 Å². The van der Waals surface area contributed by atoms with Crippen LogP contribution >= 0.6 is 0 Å². The van der Waals surface area contributed by atoms with E-state index in [0.717, 1.165) is 11.1 Å². The molecule has 0 bridgehead atoms. The van der Waals surface area contributed by atoms with E-state index in [0.29, 0.717) is 0 Å². The Morgan fingerprint density at radius 3 is 2.06 bits per heavy atom. The molecule has 0 saturated heterocycles. The van der Waals surface area contributed by atoms with Crippen LogP contribution in [0.5, 0.6) is 0 Å². The third kappa shape index (κ3) is 3.29. The number of hydrogen-bond acceptors (Lipinski definition) is 3. The summed E-state index contributed by atoms with van der Waals surface area (Å²) >= 11 is 0. The molecule has 1 aliphatic rings. The second-order valence-corrected chi connectivity index (χ2v) is 5.53. The van der Waals surface area contributed by atoms with Crippen molar-refractivity contribution < 1.29 is 49.1 Å². The van der Waals surface area contributed by atoms with Crippen molar-refractivity contribution in [2.45, 2.75) is 18.4 Å². The van der Waals surface area contributed by atoms with Gasteiger partial charge in [-0.3, -0.25) is 4.55 Å². The minimum atomic E-state index is -4.13. The number of rotatable bonds is 2. The fourth-order valence-corrected chi connectivity index (χ4v) is 3.00. The van der Waals surface area contributed by atoms with Gasteiger partial charge in [-0.15, -0.1) is 0 Å². The molecule has 0 spiro atoms. The summed E-state index contributed by atoms with van der Waals surface area (Å²) in [5.74, 6) is -0.602. The van der Waals surface area contributed by atoms with Crippen LogP contribution < -0.4 is 29.6 Å². The van der Waals surface area contributed by atoms with Crippen molar-refractivity contribution in [3.8, 4) is 0 Å². The van der Waals surface area contributed by atoms with Crippen molar-refractivity contribution in [3.63, 3.8) is 0 Å². The van der Waals surface area contributed by atoms with Gasteiger partial charge in [0.25, 0.3) is 10.1 Å². The van der Waals surface area contributed by atoms with Gasteiger partial charge in [0, 0.05) is 12.8 Å². The maximum absolute atomic E-state index is 10.7. The molecule has 0 amide bonds. The van der Waals surface area contributed by atoms with E-state index >= 15 is 0 Å². The van der Waals surface area contributed by atoms with Gasteiger partial charge in [0.15, 0.2) is 0 Å². The topological polar surface area (TPSA) is 74.6 Å². The Hall–Kier alpha value is 0.0900. The van der Waals surface area contributed by atoms with E-state index in [4.69, 9.17) is 4.55 Å². The Morgan fingerprint density at radius 2 is 1.69 bits per heavy atom. The first-order valence-corrected chi connectivity index (χ1v) is 6.23. The second kappa shape index (κ2) is 4.76. The van der Waals surface area contributed by atoms with Crippen LogP contribution in [0.4, 0.5) is 0 Å². The summed E-state index contributed by atoms with van der Waals surface area (Å²) in [5, 5.41) is 10.0. The standard InChI is InChI=1S/C10H12O4S.Na.H/c11-10(7-15(12,13)14)5-8-3-1-2-4-9(8)6-10;;/h1-4,11H,5-7H2,(H,12,13,14);;/q;+1;-1. The first-order chi connectivity index (χ1) is 6.88. The zero-order chi connectivity index (χ0) is 11.1. The molecular formula is C10H13NaO4S. The molecule has 1 aromatic rings. The van der Waals surface area contributed by atoms with E-state index in [1.165, 1.54) is 0 Å². The van der Waals surface area contributed by atoms with E-state index in [1.807, 2.05) is 24.3 Å². The van der Waals surface area contributed by atoms with Crippen molar-refractivity contribution in [2.24, 2.45) is 0 Å².